The number of anilines is 1. The first kappa shape index (κ1) is 13.4. The van der Waals surface area contributed by atoms with E-state index in [1.807, 2.05) is 28.8 Å². The fraction of sp³-hybridized carbons (Fsp3) is 0.533. The minimum absolute atomic E-state index is 0.00532. The number of likely N-dealkylation sites (tertiary alicyclic amines) is 1. The molecule has 2 aromatic heterocycles. The van der Waals surface area contributed by atoms with Gasteiger partial charge in [-0.15, -0.1) is 0 Å². The van der Waals surface area contributed by atoms with Gasteiger partial charge < -0.3 is 14.9 Å². The van der Waals surface area contributed by atoms with Crippen LogP contribution < -0.4 is 4.90 Å². The predicted octanol–water partition coefficient (Wildman–Crippen LogP) is 1.36. The van der Waals surface area contributed by atoms with Crippen LogP contribution in [0.4, 0.5) is 5.82 Å². The van der Waals surface area contributed by atoms with Crippen LogP contribution in [0.3, 0.4) is 0 Å². The van der Waals surface area contributed by atoms with Crippen LogP contribution in [0.2, 0.25) is 0 Å². The number of aliphatic hydroxyl groups is 1. The molecule has 20 heavy (non-hydrogen) atoms. The lowest BCUT2D eigenvalue weighted by atomic mass is 10.2. The first-order valence-corrected chi connectivity index (χ1v) is 7.19. The van der Waals surface area contributed by atoms with Crippen molar-refractivity contribution in [3.8, 4) is 0 Å². The maximum absolute atomic E-state index is 9.67. The monoisotopic (exact) mass is 274 g/mol. The Bertz CT molecular complexity index is 595. The number of nitrogens with zero attached hydrogens (tertiary/aromatic N) is 4. The van der Waals surface area contributed by atoms with Crippen LogP contribution in [0.1, 0.15) is 18.5 Å². The molecule has 1 saturated heterocycles. The Morgan fingerprint density at radius 2 is 2.30 bits per heavy atom. The Morgan fingerprint density at radius 3 is 3.00 bits per heavy atom. The summed E-state index contributed by atoms with van der Waals surface area (Å²) in [5.74, 6) is 0.888. The highest BCUT2D eigenvalue weighted by atomic mass is 16.3. The van der Waals surface area contributed by atoms with E-state index in [1.54, 1.807) is 0 Å². The van der Waals surface area contributed by atoms with Crippen LogP contribution in [0.5, 0.6) is 0 Å². The maximum atomic E-state index is 9.67. The lowest BCUT2D eigenvalue weighted by Crippen LogP contribution is -2.37. The van der Waals surface area contributed by atoms with Crippen molar-refractivity contribution >= 4 is 11.5 Å². The summed E-state index contributed by atoms with van der Waals surface area (Å²) in [6.45, 7) is 2.13. The molecule has 108 valence electrons. The molecule has 0 saturated carbocycles. The highest BCUT2D eigenvalue weighted by molar-refractivity contribution is 5.55. The van der Waals surface area contributed by atoms with E-state index in [1.165, 1.54) is 19.4 Å². The van der Waals surface area contributed by atoms with Crippen molar-refractivity contribution in [2.24, 2.45) is 0 Å². The second-order valence-corrected chi connectivity index (χ2v) is 5.63. The third-order valence-electron chi connectivity index (χ3n) is 4.28. The fourth-order valence-electron chi connectivity index (χ4n) is 3.10. The molecule has 3 rings (SSSR count). The zero-order valence-electron chi connectivity index (χ0n) is 12.2. The average molecular weight is 274 g/mol. The molecule has 0 spiro atoms. The number of imidazole rings is 1. The Morgan fingerprint density at radius 1 is 1.45 bits per heavy atom. The number of hydrogen-bond acceptors (Lipinski definition) is 4. The van der Waals surface area contributed by atoms with Gasteiger partial charge in [-0.2, -0.15) is 0 Å². The summed E-state index contributed by atoms with van der Waals surface area (Å²) in [7, 11) is 4.25. The van der Waals surface area contributed by atoms with Crippen LogP contribution >= 0.6 is 0 Å². The predicted molar refractivity (Wildman–Crippen MR) is 80.0 cm³/mol. The maximum Gasteiger partial charge on any atom is 0.153 e. The topological polar surface area (TPSA) is 44.0 Å². The lowest BCUT2D eigenvalue weighted by molar-refractivity contribution is 0.275. The van der Waals surface area contributed by atoms with Gasteiger partial charge in [0, 0.05) is 25.8 Å². The highest BCUT2D eigenvalue weighted by Crippen LogP contribution is 2.23. The molecule has 2 aromatic rings. The van der Waals surface area contributed by atoms with Gasteiger partial charge in [-0.25, -0.2) is 4.98 Å². The Kier molecular flexibility index (Phi) is 3.63. The van der Waals surface area contributed by atoms with Crippen molar-refractivity contribution in [3.63, 3.8) is 0 Å². The summed E-state index contributed by atoms with van der Waals surface area (Å²) in [5, 5.41) is 9.67. The van der Waals surface area contributed by atoms with Crippen LogP contribution in [0, 0.1) is 0 Å². The molecule has 1 aliphatic rings. The van der Waals surface area contributed by atoms with Crippen molar-refractivity contribution in [1.29, 1.82) is 0 Å². The summed E-state index contributed by atoms with van der Waals surface area (Å²) < 4.78 is 1.96. The second-order valence-electron chi connectivity index (χ2n) is 5.63. The quantitative estimate of drug-likeness (QED) is 0.914. The first-order valence-electron chi connectivity index (χ1n) is 7.19. The lowest BCUT2D eigenvalue weighted by Gasteiger charge is -2.26. The number of fused-ring (bicyclic) bond motifs is 1. The molecule has 0 radical (unpaired) electrons. The standard InChI is InChI=1S/C15H22N4O/c1-17-8-5-6-12(17)10-18(2)15-13(11-20)19-9-4-3-7-14(19)16-15/h3-4,7,9,12,20H,5-6,8,10-11H2,1-2H3. The van der Waals surface area contributed by atoms with Gasteiger partial charge in [0.1, 0.15) is 5.65 Å². The van der Waals surface area contributed by atoms with E-state index < -0.39 is 0 Å². The van der Waals surface area contributed by atoms with Crippen LogP contribution in [0.25, 0.3) is 5.65 Å². The van der Waals surface area contributed by atoms with E-state index in [4.69, 9.17) is 0 Å². The van der Waals surface area contributed by atoms with E-state index >= 15 is 0 Å². The van der Waals surface area contributed by atoms with E-state index in [-0.39, 0.29) is 6.61 Å². The van der Waals surface area contributed by atoms with Gasteiger partial charge in [-0.05, 0) is 38.6 Å². The molecule has 0 bridgehead atoms. The van der Waals surface area contributed by atoms with Crippen molar-refractivity contribution in [1.82, 2.24) is 14.3 Å². The number of likely N-dealkylation sites (N-methyl/N-ethyl adjacent to an activating group) is 2. The summed E-state index contributed by atoms with van der Waals surface area (Å²) >= 11 is 0. The van der Waals surface area contributed by atoms with Crippen molar-refractivity contribution in [3.05, 3.63) is 30.1 Å². The van der Waals surface area contributed by atoms with Gasteiger partial charge >= 0.3 is 0 Å². The fourth-order valence-corrected chi connectivity index (χ4v) is 3.10. The van der Waals surface area contributed by atoms with Gasteiger partial charge in [-0.1, -0.05) is 6.07 Å². The molecular formula is C15H22N4O. The van der Waals surface area contributed by atoms with Crippen LogP contribution in [-0.2, 0) is 6.61 Å². The number of aliphatic hydroxyl groups excluding tert-OH is 1. The molecular weight excluding hydrogens is 252 g/mol. The van der Waals surface area contributed by atoms with Crippen molar-refractivity contribution in [2.75, 3.05) is 32.1 Å². The third kappa shape index (κ3) is 2.27. The number of hydrogen-bond donors (Lipinski definition) is 1. The molecule has 1 N–H and O–H groups in total. The molecule has 1 fully saturated rings. The van der Waals surface area contributed by atoms with E-state index in [2.05, 4.69) is 28.9 Å². The SMILES string of the molecule is CN(CC1CCCN1C)c1nc2ccccn2c1CO. The Hall–Kier alpha value is -1.59. The molecule has 1 unspecified atom stereocenters. The van der Waals surface area contributed by atoms with Gasteiger partial charge in [0.15, 0.2) is 5.82 Å². The van der Waals surface area contributed by atoms with Crippen LogP contribution in [-0.4, -0.2) is 52.6 Å². The zero-order chi connectivity index (χ0) is 14.1. The van der Waals surface area contributed by atoms with Crippen LogP contribution in [0.15, 0.2) is 24.4 Å². The molecule has 1 aliphatic heterocycles. The summed E-state index contributed by atoms with van der Waals surface area (Å²) in [5.41, 5.74) is 1.75. The zero-order valence-corrected chi connectivity index (χ0v) is 12.2. The van der Waals surface area contributed by atoms with E-state index in [0.29, 0.717) is 6.04 Å². The van der Waals surface area contributed by atoms with Gasteiger partial charge in [0.2, 0.25) is 0 Å². The van der Waals surface area contributed by atoms with Gasteiger partial charge in [0.25, 0.3) is 0 Å². The largest absolute Gasteiger partial charge is 0.390 e. The van der Waals surface area contributed by atoms with Crippen molar-refractivity contribution in [2.45, 2.75) is 25.5 Å². The molecule has 1 atom stereocenters. The Balaban J connectivity index is 1.88. The number of pyridine rings is 1. The molecule has 3 heterocycles. The molecule has 0 aromatic carbocycles. The summed E-state index contributed by atoms with van der Waals surface area (Å²) in [4.78, 5) is 9.24. The minimum Gasteiger partial charge on any atom is -0.390 e. The molecule has 5 heteroatoms. The normalized spacial score (nSPS) is 19.9. The van der Waals surface area contributed by atoms with Crippen molar-refractivity contribution < 1.29 is 5.11 Å². The first-order chi connectivity index (χ1) is 9.70. The number of aromatic nitrogens is 2. The minimum atomic E-state index is 0.00532. The summed E-state index contributed by atoms with van der Waals surface area (Å²) in [6, 6.07) is 6.48. The highest BCUT2D eigenvalue weighted by Gasteiger charge is 2.24. The third-order valence-corrected chi connectivity index (χ3v) is 4.28. The Labute approximate surface area is 119 Å². The van der Waals surface area contributed by atoms with E-state index in [9.17, 15) is 5.11 Å². The summed E-state index contributed by atoms with van der Waals surface area (Å²) in [6.07, 6.45) is 4.46. The smallest absolute Gasteiger partial charge is 0.153 e. The second kappa shape index (κ2) is 5.42. The van der Waals surface area contributed by atoms with Gasteiger partial charge in [0.05, 0.1) is 12.3 Å². The number of rotatable bonds is 4. The molecule has 0 amide bonds. The average Bonchev–Trinajstić information content (AvgIpc) is 3.02. The molecule has 5 nitrogen and oxygen atoms in total. The van der Waals surface area contributed by atoms with E-state index in [0.717, 1.165) is 23.7 Å². The van der Waals surface area contributed by atoms with Gasteiger partial charge in [-0.3, -0.25) is 4.40 Å². The molecule has 0 aliphatic carbocycles.